The number of benzene rings is 1. The van der Waals surface area contributed by atoms with Crippen LogP contribution in [0.2, 0.25) is 0 Å². The van der Waals surface area contributed by atoms with E-state index in [9.17, 15) is 0 Å². The third-order valence-corrected chi connectivity index (χ3v) is 2.35. The Balaban J connectivity index is 2.70. The van der Waals surface area contributed by atoms with E-state index in [0.29, 0.717) is 0 Å². The Hall–Kier alpha value is -1.30. The van der Waals surface area contributed by atoms with Crippen molar-refractivity contribution in [2.24, 2.45) is 0 Å². The van der Waals surface area contributed by atoms with Gasteiger partial charge in [0.25, 0.3) is 0 Å². The molecule has 0 bridgehead atoms. The van der Waals surface area contributed by atoms with Crippen LogP contribution in [0.1, 0.15) is 23.6 Å². The van der Waals surface area contributed by atoms with Crippen LogP contribution >= 0.6 is 0 Å². The zero-order valence-corrected chi connectivity index (χ0v) is 7.46. The molecule has 0 aliphatic heterocycles. The predicted octanol–water partition coefficient (Wildman–Crippen LogP) is 3.43. The summed E-state index contributed by atoms with van der Waals surface area (Å²) in [4.78, 5) is 0. The number of rotatable bonds is 0. The van der Waals surface area contributed by atoms with E-state index in [2.05, 4.69) is 50.3 Å². The second-order valence-electron chi connectivity index (χ2n) is 3.12. The average molecular weight is 156 g/mol. The predicted molar refractivity (Wildman–Crippen MR) is 53.9 cm³/mol. The molecule has 0 saturated carbocycles. The van der Waals surface area contributed by atoms with Crippen molar-refractivity contribution in [1.29, 1.82) is 0 Å². The van der Waals surface area contributed by atoms with Crippen LogP contribution in [0.15, 0.2) is 30.4 Å². The lowest BCUT2D eigenvalue weighted by Crippen LogP contribution is -1.85. The van der Waals surface area contributed by atoms with E-state index in [1.807, 2.05) is 0 Å². The number of fused-ring (bicyclic) bond motifs is 1. The molecule has 0 aromatic heterocycles. The molecule has 0 amide bonds. The normalized spacial score (nSPS) is 17.0. The van der Waals surface area contributed by atoms with E-state index in [1.54, 1.807) is 0 Å². The quantitative estimate of drug-likeness (QED) is 0.540. The van der Waals surface area contributed by atoms with Gasteiger partial charge in [0.1, 0.15) is 0 Å². The second-order valence-corrected chi connectivity index (χ2v) is 3.12. The number of allylic oxidation sites excluding steroid dienone is 3. The van der Waals surface area contributed by atoms with E-state index in [0.717, 1.165) is 0 Å². The highest BCUT2D eigenvalue weighted by Gasteiger charge is 2.10. The van der Waals surface area contributed by atoms with Crippen LogP contribution in [0, 0.1) is 6.92 Å². The molecular formula is C12H12. The highest BCUT2D eigenvalue weighted by molar-refractivity contribution is 5.90. The Labute approximate surface area is 73.2 Å². The van der Waals surface area contributed by atoms with Crippen molar-refractivity contribution < 1.29 is 0 Å². The van der Waals surface area contributed by atoms with E-state index < -0.39 is 0 Å². The maximum absolute atomic E-state index is 2.18. The molecule has 0 atom stereocenters. The minimum Gasteiger partial charge on any atom is -0.0798 e. The fourth-order valence-corrected chi connectivity index (χ4v) is 1.73. The van der Waals surface area contributed by atoms with Crippen molar-refractivity contribution in [3.63, 3.8) is 0 Å². The van der Waals surface area contributed by atoms with Gasteiger partial charge >= 0.3 is 0 Å². The van der Waals surface area contributed by atoms with E-state index >= 15 is 0 Å². The average Bonchev–Trinajstić information content (AvgIpc) is 2.49. The zero-order valence-electron chi connectivity index (χ0n) is 7.46. The molecule has 0 heteroatoms. The van der Waals surface area contributed by atoms with E-state index in [-0.39, 0.29) is 0 Å². The van der Waals surface area contributed by atoms with Crippen LogP contribution in [-0.2, 0) is 0 Å². The van der Waals surface area contributed by atoms with E-state index in [4.69, 9.17) is 0 Å². The highest BCUT2D eigenvalue weighted by atomic mass is 14.1. The fourth-order valence-electron chi connectivity index (χ4n) is 1.73. The van der Waals surface area contributed by atoms with Crippen molar-refractivity contribution >= 4 is 11.6 Å². The molecule has 0 N–H and O–H groups in total. The molecule has 0 radical (unpaired) electrons. The van der Waals surface area contributed by atoms with Crippen LogP contribution in [0.3, 0.4) is 0 Å². The summed E-state index contributed by atoms with van der Waals surface area (Å²) in [7, 11) is 0. The Morgan fingerprint density at radius 1 is 1.17 bits per heavy atom. The van der Waals surface area contributed by atoms with Crippen molar-refractivity contribution in [3.05, 3.63) is 47.0 Å². The van der Waals surface area contributed by atoms with Gasteiger partial charge in [0.15, 0.2) is 0 Å². The second kappa shape index (κ2) is 2.63. The summed E-state index contributed by atoms with van der Waals surface area (Å²) in [5.41, 5.74) is 5.47. The number of hydrogen-bond acceptors (Lipinski definition) is 0. The summed E-state index contributed by atoms with van der Waals surface area (Å²) in [6.45, 7) is 4.25. The Kier molecular flexibility index (Phi) is 1.61. The van der Waals surface area contributed by atoms with Gasteiger partial charge in [-0.1, -0.05) is 36.4 Å². The minimum absolute atomic E-state index is 1.35. The molecule has 1 aliphatic rings. The SMILES string of the molecule is C/C=C1/C=Cc2cccc(C)c21. The van der Waals surface area contributed by atoms with Crippen LogP contribution in [-0.4, -0.2) is 0 Å². The summed E-state index contributed by atoms with van der Waals surface area (Å²) in [6.07, 6.45) is 6.52. The summed E-state index contributed by atoms with van der Waals surface area (Å²) >= 11 is 0. The molecule has 0 saturated heterocycles. The topological polar surface area (TPSA) is 0 Å². The van der Waals surface area contributed by atoms with Crippen LogP contribution < -0.4 is 0 Å². The standard InChI is InChI=1S/C12H12/c1-3-10-7-8-11-6-4-5-9(2)12(10)11/h3-8H,1-2H3/b10-3-. The molecule has 0 spiro atoms. The minimum atomic E-state index is 1.35. The van der Waals surface area contributed by atoms with Gasteiger partial charge in [-0.05, 0) is 36.1 Å². The summed E-state index contributed by atoms with van der Waals surface area (Å²) < 4.78 is 0. The molecule has 60 valence electrons. The first kappa shape index (κ1) is 7.35. The molecule has 1 aromatic rings. The van der Waals surface area contributed by atoms with Gasteiger partial charge in [-0.25, -0.2) is 0 Å². The summed E-state index contributed by atoms with van der Waals surface area (Å²) in [5, 5.41) is 0. The summed E-state index contributed by atoms with van der Waals surface area (Å²) in [6, 6.07) is 6.43. The van der Waals surface area contributed by atoms with Gasteiger partial charge in [-0.15, -0.1) is 0 Å². The lowest BCUT2D eigenvalue weighted by Gasteiger charge is -2.04. The molecule has 0 fully saturated rings. The summed E-state index contributed by atoms with van der Waals surface area (Å²) in [5.74, 6) is 0. The monoisotopic (exact) mass is 156 g/mol. The van der Waals surface area contributed by atoms with E-state index in [1.165, 1.54) is 22.3 Å². The van der Waals surface area contributed by atoms with Gasteiger partial charge in [-0.3, -0.25) is 0 Å². The lowest BCUT2D eigenvalue weighted by atomic mass is 10.0. The van der Waals surface area contributed by atoms with Gasteiger partial charge in [0.05, 0.1) is 0 Å². The fraction of sp³-hybridized carbons (Fsp3) is 0.167. The molecule has 2 rings (SSSR count). The van der Waals surface area contributed by atoms with Gasteiger partial charge in [0.2, 0.25) is 0 Å². The van der Waals surface area contributed by atoms with Crippen molar-refractivity contribution in [1.82, 2.24) is 0 Å². The largest absolute Gasteiger partial charge is 0.0798 e. The Morgan fingerprint density at radius 2 is 2.00 bits per heavy atom. The first-order chi connectivity index (χ1) is 5.83. The van der Waals surface area contributed by atoms with Crippen LogP contribution in [0.25, 0.3) is 11.6 Å². The highest BCUT2D eigenvalue weighted by Crippen LogP contribution is 2.31. The molecule has 0 nitrogen and oxygen atoms in total. The molecule has 1 aliphatic carbocycles. The Morgan fingerprint density at radius 3 is 2.75 bits per heavy atom. The maximum Gasteiger partial charge on any atom is -0.00854 e. The molecule has 12 heavy (non-hydrogen) atoms. The number of hydrogen-bond donors (Lipinski definition) is 0. The molecule has 0 unspecified atom stereocenters. The van der Waals surface area contributed by atoms with Crippen molar-refractivity contribution in [2.45, 2.75) is 13.8 Å². The first-order valence-electron chi connectivity index (χ1n) is 4.27. The molecular weight excluding hydrogens is 144 g/mol. The van der Waals surface area contributed by atoms with Gasteiger partial charge in [0, 0.05) is 0 Å². The first-order valence-corrected chi connectivity index (χ1v) is 4.27. The maximum atomic E-state index is 2.18. The smallest absolute Gasteiger partial charge is 0.00854 e. The van der Waals surface area contributed by atoms with Crippen LogP contribution in [0.4, 0.5) is 0 Å². The van der Waals surface area contributed by atoms with Gasteiger partial charge in [-0.2, -0.15) is 0 Å². The molecule has 0 heterocycles. The third-order valence-electron chi connectivity index (χ3n) is 2.35. The third kappa shape index (κ3) is 0.918. The Bertz CT molecular complexity index is 368. The molecule has 1 aromatic carbocycles. The van der Waals surface area contributed by atoms with Crippen molar-refractivity contribution in [3.8, 4) is 0 Å². The van der Waals surface area contributed by atoms with Gasteiger partial charge < -0.3 is 0 Å². The van der Waals surface area contributed by atoms with Crippen LogP contribution in [0.5, 0.6) is 0 Å². The van der Waals surface area contributed by atoms with Crippen molar-refractivity contribution in [2.75, 3.05) is 0 Å². The number of aryl methyl sites for hydroxylation is 1. The lowest BCUT2D eigenvalue weighted by molar-refractivity contribution is 1.42. The zero-order chi connectivity index (χ0) is 8.55.